The average molecular weight is 655 g/mol. The van der Waals surface area contributed by atoms with Gasteiger partial charge in [0.05, 0.1) is 5.75 Å². The summed E-state index contributed by atoms with van der Waals surface area (Å²) in [5, 5.41) is -7.39. The molecule has 0 amide bonds. The second-order valence-corrected chi connectivity index (χ2v) is 13.0. The summed E-state index contributed by atoms with van der Waals surface area (Å²) in [7, 11) is -11.9. The van der Waals surface area contributed by atoms with Gasteiger partial charge < -0.3 is 0 Å². The van der Waals surface area contributed by atoms with Crippen LogP contribution < -0.4 is 0 Å². The summed E-state index contributed by atoms with van der Waals surface area (Å²) in [6, 6.07) is 18.1. The molecule has 0 aliphatic carbocycles. The number of alkyl halides is 11. The van der Waals surface area contributed by atoms with Crippen LogP contribution in [0.4, 0.5) is 48.3 Å². The third kappa shape index (κ3) is 5.48. The molecule has 3 aromatic rings. The smallest absolute Gasteiger partial charge is 0.293 e. The number of benzene rings is 3. The van der Waals surface area contributed by atoms with Gasteiger partial charge >= 0.3 is 39.3 Å². The lowest BCUT2D eigenvalue weighted by atomic mass is 10.0. The minimum atomic E-state index is -7.99. The van der Waals surface area contributed by atoms with Crippen molar-refractivity contribution in [1.82, 2.24) is 0 Å². The Morgan fingerprint density at radius 3 is 1.33 bits per heavy atom. The Kier molecular flexibility index (Phi) is 8.84. The maximum Gasteiger partial charge on any atom is 0.460 e. The number of halogens is 11. The summed E-state index contributed by atoms with van der Waals surface area (Å²) in [5.41, 5.74) is -0.157. The molecule has 0 spiro atoms. The first-order chi connectivity index (χ1) is 19.2. The van der Waals surface area contributed by atoms with E-state index >= 15 is 0 Å². The van der Waals surface area contributed by atoms with Crippen LogP contribution in [0.3, 0.4) is 0 Å². The zero-order valence-corrected chi connectivity index (χ0v) is 22.1. The molecule has 0 heterocycles. The summed E-state index contributed by atoms with van der Waals surface area (Å²) in [4.78, 5) is 12.4. The molecule has 0 bridgehead atoms. The third-order valence-electron chi connectivity index (χ3n) is 5.71. The number of rotatable bonds is 11. The molecule has 0 aliphatic heterocycles. The van der Waals surface area contributed by atoms with Crippen molar-refractivity contribution >= 4 is 26.2 Å². The summed E-state index contributed by atoms with van der Waals surface area (Å²) >= 11 is 0. The largest absolute Gasteiger partial charge is 0.460 e. The predicted molar refractivity (Wildman–Crippen MR) is 128 cm³/mol. The number of hydrogen-bond donors (Lipinski definition) is 0. The van der Waals surface area contributed by atoms with E-state index in [1.54, 1.807) is 0 Å². The van der Waals surface area contributed by atoms with Crippen LogP contribution in [0, 0.1) is 0 Å². The van der Waals surface area contributed by atoms with E-state index in [1.165, 1.54) is 66.7 Å². The Balaban J connectivity index is 2.27. The summed E-state index contributed by atoms with van der Waals surface area (Å²) in [5.74, 6) is -25.9. The van der Waals surface area contributed by atoms with Gasteiger partial charge in [-0.3, -0.25) is 4.79 Å². The molecular weight excluding hydrogens is 637 g/mol. The maximum atomic E-state index is 14.9. The van der Waals surface area contributed by atoms with E-state index in [1.807, 2.05) is 0 Å². The Morgan fingerprint density at radius 1 is 0.571 bits per heavy atom. The number of carbonyl (C=O) groups excluding carboxylic acids is 1. The number of hydrogen-bond acceptors (Lipinski definition) is 4. The SMILES string of the molecule is O=C(CS(OS(=O)(=O)C(F)(F)C(F)(F)C(F)(F)C(F)(F)C(F)(F)F)(c1ccccc1)c1ccccc1)c1ccccc1. The first kappa shape index (κ1) is 33.3. The third-order valence-corrected chi connectivity index (χ3v) is 11.0. The molecule has 230 valence electrons. The molecule has 0 radical (unpaired) electrons. The van der Waals surface area contributed by atoms with Gasteiger partial charge in [0, 0.05) is 15.4 Å². The van der Waals surface area contributed by atoms with Gasteiger partial charge in [-0.25, -0.2) is 3.63 Å². The first-order valence-electron chi connectivity index (χ1n) is 11.2. The van der Waals surface area contributed by atoms with Crippen LogP contribution in [0.15, 0.2) is 101 Å². The summed E-state index contributed by atoms with van der Waals surface area (Å²) in [6.45, 7) is 0. The Morgan fingerprint density at radius 2 is 0.952 bits per heavy atom. The van der Waals surface area contributed by atoms with Gasteiger partial charge in [-0.2, -0.15) is 56.7 Å². The highest BCUT2D eigenvalue weighted by molar-refractivity contribution is 8.33. The zero-order chi connectivity index (χ0) is 31.8. The number of Topliss-reactive ketones (excluding diaryl/α,β-unsaturated/α-hetero) is 1. The molecule has 3 rings (SSSR count). The van der Waals surface area contributed by atoms with Crippen molar-refractivity contribution in [2.45, 2.75) is 39.0 Å². The molecule has 0 fully saturated rings. The van der Waals surface area contributed by atoms with Crippen molar-refractivity contribution in [3.8, 4) is 0 Å². The fraction of sp³-hybridized carbons (Fsp3) is 0.240. The van der Waals surface area contributed by atoms with E-state index in [4.69, 9.17) is 0 Å². The van der Waals surface area contributed by atoms with E-state index < -0.39 is 71.0 Å². The predicted octanol–water partition coefficient (Wildman–Crippen LogP) is 8.11. The lowest BCUT2D eigenvalue weighted by Crippen LogP contribution is -2.68. The van der Waals surface area contributed by atoms with Gasteiger partial charge in [0.1, 0.15) is 0 Å². The van der Waals surface area contributed by atoms with Crippen molar-refractivity contribution < 1.29 is 65.1 Å². The fourth-order valence-electron chi connectivity index (χ4n) is 3.49. The Labute approximate surface area is 232 Å². The van der Waals surface area contributed by atoms with Gasteiger partial charge in [-0.15, -0.1) is 0 Å². The normalized spacial score (nSPS) is 14.5. The molecule has 0 atom stereocenters. The van der Waals surface area contributed by atoms with Crippen molar-refractivity contribution in [3.05, 3.63) is 96.6 Å². The van der Waals surface area contributed by atoms with E-state index in [-0.39, 0.29) is 5.56 Å². The van der Waals surface area contributed by atoms with Crippen molar-refractivity contribution in [2.75, 3.05) is 5.75 Å². The Hall–Kier alpha value is -3.18. The lowest BCUT2D eigenvalue weighted by Gasteiger charge is -2.41. The summed E-state index contributed by atoms with van der Waals surface area (Å²) < 4.78 is 181. The monoisotopic (exact) mass is 654 g/mol. The van der Waals surface area contributed by atoms with Gasteiger partial charge in [0.2, 0.25) is 0 Å². The van der Waals surface area contributed by atoms with Crippen molar-refractivity contribution in [2.24, 2.45) is 0 Å². The molecule has 0 unspecified atom stereocenters. The second kappa shape index (κ2) is 11.1. The standard InChI is InChI=1S/C25H17F11O4S2/c26-21(27,22(28,29)24(32,33)34)23(30,31)25(35,36)42(38,39)40-41(18-12-6-2-7-13-18,19-14-8-3-9-15-19)16-20(37)17-10-4-1-5-11-17/h1-15H,16H2. The minimum absolute atomic E-state index is 0.157. The lowest BCUT2D eigenvalue weighted by molar-refractivity contribution is -0.413. The molecule has 0 saturated heterocycles. The minimum Gasteiger partial charge on any atom is -0.293 e. The molecule has 4 nitrogen and oxygen atoms in total. The highest BCUT2D eigenvalue weighted by atomic mass is 32.3. The topological polar surface area (TPSA) is 60.4 Å². The Bertz CT molecular complexity index is 1460. The van der Waals surface area contributed by atoms with E-state index in [0.29, 0.717) is 0 Å². The zero-order valence-electron chi connectivity index (χ0n) is 20.5. The van der Waals surface area contributed by atoms with Gasteiger partial charge in [-0.1, -0.05) is 77.0 Å². The van der Waals surface area contributed by atoms with Crippen LogP contribution in [0.2, 0.25) is 0 Å². The molecular formula is C25H17F11O4S2. The second-order valence-electron chi connectivity index (χ2n) is 8.49. The van der Waals surface area contributed by atoms with E-state index in [0.717, 1.165) is 24.3 Å². The van der Waals surface area contributed by atoms with Gasteiger partial charge in [0.25, 0.3) is 0 Å². The quantitative estimate of drug-likeness (QED) is 0.155. The van der Waals surface area contributed by atoms with Crippen LogP contribution in [-0.2, 0) is 13.7 Å². The van der Waals surface area contributed by atoms with Crippen LogP contribution in [0.25, 0.3) is 0 Å². The highest BCUT2D eigenvalue weighted by Crippen LogP contribution is 2.67. The van der Waals surface area contributed by atoms with Gasteiger partial charge in [0.15, 0.2) is 5.78 Å². The first-order valence-corrected chi connectivity index (χ1v) is 14.3. The van der Waals surface area contributed by atoms with Crippen LogP contribution in [-0.4, -0.2) is 49.2 Å². The van der Waals surface area contributed by atoms with Crippen LogP contribution >= 0.6 is 10.3 Å². The van der Waals surface area contributed by atoms with Crippen LogP contribution in [0.5, 0.6) is 0 Å². The van der Waals surface area contributed by atoms with Gasteiger partial charge in [-0.05, 0) is 24.3 Å². The fourth-order valence-corrected chi connectivity index (χ4v) is 8.65. The van der Waals surface area contributed by atoms with E-state index in [2.05, 4.69) is 3.63 Å². The highest BCUT2D eigenvalue weighted by Gasteiger charge is 2.90. The van der Waals surface area contributed by atoms with E-state index in [9.17, 15) is 61.5 Å². The summed E-state index contributed by atoms with van der Waals surface area (Å²) in [6.07, 6.45) is -7.49. The number of carbonyl (C=O) groups is 1. The average Bonchev–Trinajstić information content (AvgIpc) is 2.93. The molecule has 3 aromatic carbocycles. The molecule has 42 heavy (non-hydrogen) atoms. The van der Waals surface area contributed by atoms with Crippen molar-refractivity contribution in [1.29, 1.82) is 0 Å². The molecule has 0 aromatic heterocycles. The van der Waals surface area contributed by atoms with Crippen molar-refractivity contribution in [3.63, 3.8) is 0 Å². The molecule has 0 aliphatic rings. The maximum absolute atomic E-state index is 14.9. The molecule has 0 saturated carbocycles. The van der Waals surface area contributed by atoms with Crippen LogP contribution in [0.1, 0.15) is 10.4 Å². The molecule has 0 N–H and O–H groups in total. The molecule has 17 heteroatoms. The number of ketones is 1.